The molecule has 0 unspecified atom stereocenters. The first-order valence-electron chi connectivity index (χ1n) is 10.3. The quantitative estimate of drug-likeness (QED) is 0.222. The Morgan fingerprint density at radius 3 is 1.62 bits per heavy atom. The van der Waals surface area contributed by atoms with Crippen LogP contribution in [0.25, 0.3) is 0 Å². The van der Waals surface area contributed by atoms with Gasteiger partial charge in [-0.2, -0.15) is 0 Å². The van der Waals surface area contributed by atoms with Gasteiger partial charge in [0.25, 0.3) is 5.91 Å². The average molecular weight is 638 g/mol. The summed E-state index contributed by atoms with van der Waals surface area (Å²) in [5.41, 5.74) is 0. The van der Waals surface area contributed by atoms with E-state index in [1.165, 1.54) is 0 Å². The molecule has 0 aromatic rings. The fourth-order valence-electron chi connectivity index (χ4n) is 4.10. The van der Waals surface area contributed by atoms with E-state index in [-0.39, 0.29) is 59.8 Å². The fraction of sp³-hybridized carbons (Fsp3) is 0.895. The molecule has 0 aromatic carbocycles. The Kier molecular flexibility index (Phi) is 11.6. The molecule has 0 saturated carbocycles. The second kappa shape index (κ2) is 12.3. The molecule has 3 rings (SSSR count). The Balaban J connectivity index is 0.00000210. The predicted octanol–water partition coefficient (Wildman–Crippen LogP) is -6.99. The molecule has 29 heavy (non-hydrogen) atoms. The monoisotopic (exact) mass is 638 g/mol. The van der Waals surface area contributed by atoms with Crippen LogP contribution in [0.4, 0.5) is 0 Å². The van der Waals surface area contributed by atoms with Crippen LogP contribution in [0.15, 0.2) is 0 Å². The van der Waals surface area contributed by atoms with E-state index < -0.39 is 0 Å². The zero-order valence-electron chi connectivity index (χ0n) is 17.8. The molecule has 10 heteroatoms. The highest BCUT2D eigenvalue weighted by molar-refractivity contribution is 5.79. The minimum atomic E-state index is 0. The third-order valence-corrected chi connectivity index (χ3v) is 6.47. The summed E-state index contributed by atoms with van der Waals surface area (Å²) in [6, 6.07) is 0. The van der Waals surface area contributed by atoms with Crippen molar-refractivity contribution < 1.29 is 76.0 Å². The Labute approximate surface area is 209 Å². The van der Waals surface area contributed by atoms with Crippen LogP contribution in [0.3, 0.4) is 0 Å². The molecule has 3 aliphatic heterocycles. The fourth-order valence-corrected chi connectivity index (χ4v) is 4.10. The molecular formula is C19H36I2N4O4. The molecule has 0 N–H and O–H groups in total. The second-order valence-corrected chi connectivity index (χ2v) is 8.75. The molecule has 8 nitrogen and oxygen atoms in total. The number of hydrogen-bond donors (Lipinski definition) is 0. The second-order valence-electron chi connectivity index (χ2n) is 8.75. The molecule has 170 valence electrons. The van der Waals surface area contributed by atoms with Crippen molar-refractivity contribution in [3.8, 4) is 0 Å². The third-order valence-electron chi connectivity index (χ3n) is 6.47. The van der Waals surface area contributed by atoms with Crippen molar-refractivity contribution in [2.45, 2.75) is 6.42 Å². The topological polar surface area (TPSA) is 59.1 Å². The van der Waals surface area contributed by atoms with Gasteiger partial charge in [-0.3, -0.25) is 9.59 Å². The number of likely N-dealkylation sites (N-methyl/N-ethyl adjacent to an activating group) is 2. The summed E-state index contributed by atoms with van der Waals surface area (Å²) in [5, 5.41) is 0. The van der Waals surface area contributed by atoms with Gasteiger partial charge in [0.05, 0.1) is 53.5 Å². The third kappa shape index (κ3) is 8.02. The van der Waals surface area contributed by atoms with Crippen LogP contribution in [-0.4, -0.2) is 137 Å². The van der Waals surface area contributed by atoms with Crippen LogP contribution < -0.4 is 48.0 Å². The van der Waals surface area contributed by atoms with Gasteiger partial charge in [-0.05, 0) is 0 Å². The highest BCUT2D eigenvalue weighted by atomic mass is 127. The number of rotatable bonds is 5. The molecule has 0 bridgehead atoms. The Morgan fingerprint density at radius 2 is 1.14 bits per heavy atom. The molecule has 0 radical (unpaired) electrons. The number of hydrogen-bond acceptors (Lipinski definition) is 4. The van der Waals surface area contributed by atoms with Gasteiger partial charge in [-0.25, -0.2) is 0 Å². The number of carbonyl (C=O) groups is 2. The number of morpholine rings is 2. The lowest BCUT2D eigenvalue weighted by Crippen LogP contribution is -3.00. The molecule has 2 amide bonds. The van der Waals surface area contributed by atoms with Crippen molar-refractivity contribution in [1.29, 1.82) is 0 Å². The molecule has 0 spiro atoms. The number of halogens is 2. The largest absolute Gasteiger partial charge is 1.00 e. The van der Waals surface area contributed by atoms with Gasteiger partial charge in [-0.1, -0.05) is 0 Å². The van der Waals surface area contributed by atoms with Gasteiger partial charge in [0.15, 0.2) is 6.54 Å². The molecular weight excluding hydrogens is 602 g/mol. The van der Waals surface area contributed by atoms with Crippen molar-refractivity contribution in [3.05, 3.63) is 0 Å². The van der Waals surface area contributed by atoms with E-state index in [4.69, 9.17) is 9.47 Å². The highest BCUT2D eigenvalue weighted by Gasteiger charge is 2.33. The summed E-state index contributed by atoms with van der Waals surface area (Å²) in [6.07, 6.45) is 0.583. The lowest BCUT2D eigenvalue weighted by Gasteiger charge is -2.40. The maximum absolute atomic E-state index is 12.7. The maximum Gasteiger partial charge on any atom is 0.277 e. The van der Waals surface area contributed by atoms with Gasteiger partial charge in [0.2, 0.25) is 5.91 Å². The van der Waals surface area contributed by atoms with Crippen molar-refractivity contribution in [1.82, 2.24) is 9.80 Å². The van der Waals surface area contributed by atoms with Crippen LogP contribution in [0, 0.1) is 0 Å². The van der Waals surface area contributed by atoms with E-state index in [1.807, 2.05) is 9.80 Å². The summed E-state index contributed by atoms with van der Waals surface area (Å²) in [4.78, 5) is 29.1. The van der Waals surface area contributed by atoms with Gasteiger partial charge >= 0.3 is 0 Å². The van der Waals surface area contributed by atoms with E-state index >= 15 is 0 Å². The smallest absolute Gasteiger partial charge is 0.277 e. The van der Waals surface area contributed by atoms with E-state index in [0.29, 0.717) is 39.1 Å². The minimum Gasteiger partial charge on any atom is -1.00 e. The lowest BCUT2D eigenvalue weighted by molar-refractivity contribution is -0.916. The van der Waals surface area contributed by atoms with Crippen molar-refractivity contribution in [3.63, 3.8) is 0 Å². The molecule has 0 aliphatic carbocycles. The predicted molar refractivity (Wildman–Crippen MR) is 101 cm³/mol. The maximum atomic E-state index is 12.7. The van der Waals surface area contributed by atoms with Crippen LogP contribution in [0.1, 0.15) is 6.42 Å². The molecule has 3 saturated heterocycles. The number of amides is 2. The first-order valence-corrected chi connectivity index (χ1v) is 10.3. The lowest BCUT2D eigenvalue weighted by atomic mass is 10.2. The normalized spacial score (nSPS) is 23.5. The van der Waals surface area contributed by atoms with Crippen LogP contribution in [-0.2, 0) is 19.1 Å². The summed E-state index contributed by atoms with van der Waals surface area (Å²) >= 11 is 0. The summed E-state index contributed by atoms with van der Waals surface area (Å²) in [6.45, 7) is 10.8. The zero-order valence-corrected chi connectivity index (χ0v) is 22.1. The number of nitrogens with zero attached hydrogens (tertiary/aromatic N) is 4. The standard InChI is InChI=1S/C19H36N4O4.2HI/c1-22(9-13-26-14-10-22)8-3-18(24)20-4-6-21(7-5-20)19(25)17-23(2)11-15-27-16-12-23;;/h3-17H2,1-2H3;2*1H/q+2;;/p-2. The average Bonchev–Trinajstić information content (AvgIpc) is 2.67. The molecule has 0 aromatic heterocycles. The number of carbonyl (C=O) groups excluding carboxylic acids is 2. The minimum absolute atomic E-state index is 0. The summed E-state index contributed by atoms with van der Waals surface area (Å²) < 4.78 is 12.5. The first kappa shape index (κ1) is 27.3. The van der Waals surface area contributed by atoms with Crippen molar-refractivity contribution >= 4 is 11.8 Å². The Hall–Kier alpha value is 0.240. The van der Waals surface area contributed by atoms with Crippen molar-refractivity contribution in [2.75, 3.05) is 106 Å². The van der Waals surface area contributed by atoms with Crippen molar-refractivity contribution in [2.24, 2.45) is 0 Å². The van der Waals surface area contributed by atoms with E-state index in [9.17, 15) is 9.59 Å². The number of ether oxygens (including phenoxy) is 2. The summed E-state index contributed by atoms with van der Waals surface area (Å²) in [5.74, 6) is 0.429. The van der Waals surface area contributed by atoms with E-state index in [1.54, 1.807) is 0 Å². The first-order chi connectivity index (χ1) is 12.9. The molecule has 0 atom stereocenters. The van der Waals surface area contributed by atoms with E-state index in [0.717, 1.165) is 68.1 Å². The SMILES string of the molecule is C[N+]1(CCC(=O)N2CCN(C(=O)C[N+]3(C)CCOCC3)CC2)CCOCC1.[I-].[I-]. The summed E-state index contributed by atoms with van der Waals surface area (Å²) in [7, 11) is 4.34. The number of quaternary nitrogens is 2. The van der Waals surface area contributed by atoms with Gasteiger partial charge in [0.1, 0.15) is 26.2 Å². The van der Waals surface area contributed by atoms with Crippen LogP contribution in [0.5, 0.6) is 0 Å². The van der Waals surface area contributed by atoms with Crippen LogP contribution in [0.2, 0.25) is 0 Å². The highest BCUT2D eigenvalue weighted by Crippen LogP contribution is 2.13. The van der Waals surface area contributed by atoms with E-state index in [2.05, 4.69) is 14.1 Å². The molecule has 3 heterocycles. The zero-order chi connectivity index (χ0) is 19.3. The Bertz CT molecular complexity index is 532. The Morgan fingerprint density at radius 1 is 0.724 bits per heavy atom. The van der Waals surface area contributed by atoms with Crippen LogP contribution >= 0.6 is 0 Å². The van der Waals surface area contributed by atoms with Gasteiger partial charge in [0, 0.05) is 26.2 Å². The molecule has 3 fully saturated rings. The molecule has 3 aliphatic rings. The number of piperazine rings is 1. The van der Waals surface area contributed by atoms with Gasteiger partial charge in [-0.15, -0.1) is 0 Å². The van der Waals surface area contributed by atoms with Gasteiger partial charge < -0.3 is 76.2 Å².